The average Bonchev–Trinajstić information content (AvgIpc) is 2.03. The monoisotopic (exact) mass is 225 g/mol. The minimum absolute atomic E-state index is 0.0921. The van der Waals surface area contributed by atoms with E-state index in [4.69, 9.17) is 10.2 Å². The van der Waals surface area contributed by atoms with E-state index in [9.17, 15) is 13.2 Å². The van der Waals surface area contributed by atoms with E-state index in [0.29, 0.717) is 0 Å². The number of aliphatic hydroxyl groups excluding tert-OH is 1. The molecule has 6 nitrogen and oxygen atoms in total. The molecular formula is C7H15NO5S. The number of nitrogens with zero attached hydrogens (tertiary/aromatic N) is 1. The molecule has 0 spiro atoms. The number of carbonyl (C=O) groups is 1. The molecule has 0 rings (SSSR count). The Morgan fingerprint density at radius 3 is 2.36 bits per heavy atom. The molecule has 0 atom stereocenters. The van der Waals surface area contributed by atoms with Crippen LogP contribution in [0.1, 0.15) is 6.42 Å². The van der Waals surface area contributed by atoms with E-state index >= 15 is 0 Å². The van der Waals surface area contributed by atoms with Crippen molar-refractivity contribution in [2.24, 2.45) is 0 Å². The summed E-state index contributed by atoms with van der Waals surface area (Å²) in [7, 11) is -1.85. The lowest BCUT2D eigenvalue weighted by Gasteiger charge is -2.11. The third-order valence-electron chi connectivity index (χ3n) is 1.68. The summed E-state index contributed by atoms with van der Waals surface area (Å²) in [5.74, 6) is -0.352. The zero-order valence-corrected chi connectivity index (χ0v) is 8.83. The molecule has 0 bridgehead atoms. The highest BCUT2D eigenvalue weighted by atomic mass is 32.2. The van der Waals surface area contributed by atoms with Crippen LogP contribution in [0.2, 0.25) is 0 Å². The molecule has 0 fully saturated rings. The van der Waals surface area contributed by atoms with Crippen molar-refractivity contribution in [1.82, 2.24) is 4.90 Å². The van der Waals surface area contributed by atoms with E-state index in [2.05, 4.69) is 0 Å². The van der Waals surface area contributed by atoms with Crippen molar-refractivity contribution in [2.45, 2.75) is 6.42 Å². The quantitative estimate of drug-likeness (QED) is 0.629. The summed E-state index contributed by atoms with van der Waals surface area (Å²) in [5, 5.41) is 16.9. The maximum atomic E-state index is 11.1. The van der Waals surface area contributed by atoms with Gasteiger partial charge in [-0.1, -0.05) is 0 Å². The van der Waals surface area contributed by atoms with Crippen molar-refractivity contribution in [3.05, 3.63) is 0 Å². The first-order valence-electron chi connectivity index (χ1n) is 4.14. The summed E-state index contributed by atoms with van der Waals surface area (Å²) in [6.07, 6.45) is -0.824. The van der Waals surface area contributed by atoms with Gasteiger partial charge in [0.25, 0.3) is 0 Å². The zero-order valence-electron chi connectivity index (χ0n) is 8.01. The van der Waals surface area contributed by atoms with Crippen LogP contribution in [-0.2, 0) is 9.84 Å². The number of rotatable bonds is 6. The van der Waals surface area contributed by atoms with Gasteiger partial charge in [0.1, 0.15) is 0 Å². The van der Waals surface area contributed by atoms with Crippen LogP contribution < -0.4 is 0 Å². The highest BCUT2D eigenvalue weighted by Gasteiger charge is 2.11. The van der Waals surface area contributed by atoms with Crippen LogP contribution >= 0.6 is 0 Å². The molecule has 0 aliphatic heterocycles. The summed E-state index contributed by atoms with van der Waals surface area (Å²) in [5.41, 5.74) is 0. The van der Waals surface area contributed by atoms with Crippen molar-refractivity contribution in [3.8, 4) is 0 Å². The van der Waals surface area contributed by atoms with Gasteiger partial charge in [-0.25, -0.2) is 13.2 Å². The van der Waals surface area contributed by atoms with Crippen LogP contribution in [0.5, 0.6) is 0 Å². The Kier molecular flexibility index (Phi) is 5.47. The van der Waals surface area contributed by atoms with Crippen LogP contribution in [0.4, 0.5) is 4.79 Å². The number of amides is 1. The van der Waals surface area contributed by atoms with Crippen molar-refractivity contribution in [3.63, 3.8) is 0 Å². The molecular weight excluding hydrogens is 210 g/mol. The highest BCUT2D eigenvalue weighted by Crippen LogP contribution is 1.95. The second kappa shape index (κ2) is 5.82. The second-order valence-electron chi connectivity index (χ2n) is 2.93. The summed E-state index contributed by atoms with van der Waals surface area (Å²) in [6, 6.07) is 0. The van der Waals surface area contributed by atoms with Gasteiger partial charge in [0.15, 0.2) is 9.84 Å². The van der Waals surface area contributed by atoms with E-state index in [-0.39, 0.29) is 24.5 Å². The van der Waals surface area contributed by atoms with E-state index in [1.807, 2.05) is 0 Å². The first-order valence-corrected chi connectivity index (χ1v) is 5.96. The van der Waals surface area contributed by atoms with Gasteiger partial charge in [0.05, 0.1) is 18.1 Å². The van der Waals surface area contributed by atoms with Gasteiger partial charge in [-0.05, 0) is 6.42 Å². The molecule has 0 aromatic heterocycles. The summed E-state index contributed by atoms with van der Waals surface area (Å²) < 4.78 is 22.1. The fourth-order valence-electron chi connectivity index (χ4n) is 0.858. The lowest BCUT2D eigenvalue weighted by atomic mass is 10.4. The molecule has 2 N–H and O–H groups in total. The van der Waals surface area contributed by atoms with Crippen LogP contribution in [0.3, 0.4) is 0 Å². The van der Waals surface area contributed by atoms with Crippen LogP contribution in [0.25, 0.3) is 0 Å². The van der Waals surface area contributed by atoms with Crippen LogP contribution in [-0.4, -0.2) is 61.3 Å². The summed E-state index contributed by atoms with van der Waals surface area (Å²) in [4.78, 5) is 11.3. The van der Waals surface area contributed by atoms with Crippen LogP contribution in [0.15, 0.2) is 0 Å². The average molecular weight is 225 g/mol. The molecule has 1 amide bonds. The Morgan fingerprint density at radius 2 is 1.93 bits per heavy atom. The third kappa shape index (κ3) is 5.76. The first-order chi connectivity index (χ1) is 6.39. The SMILES string of the molecule is CN(CCCS(=O)(=O)CCO)C(=O)O. The number of aliphatic hydroxyl groups is 1. The van der Waals surface area contributed by atoms with E-state index in [0.717, 1.165) is 4.90 Å². The Hall–Kier alpha value is -0.820. The first kappa shape index (κ1) is 13.2. The normalized spacial score (nSPS) is 11.3. The smallest absolute Gasteiger partial charge is 0.407 e. The fraction of sp³-hybridized carbons (Fsp3) is 0.857. The predicted molar refractivity (Wildman–Crippen MR) is 51.0 cm³/mol. The third-order valence-corrected chi connectivity index (χ3v) is 3.39. The number of sulfone groups is 1. The molecule has 7 heteroatoms. The Labute approximate surface area is 83.1 Å². The predicted octanol–water partition coefficient (Wildman–Crippen LogP) is -0.607. The van der Waals surface area contributed by atoms with Gasteiger partial charge in [0.2, 0.25) is 0 Å². The summed E-state index contributed by atoms with van der Waals surface area (Å²) in [6.45, 7) is -0.211. The van der Waals surface area contributed by atoms with E-state index in [1.165, 1.54) is 7.05 Å². The van der Waals surface area contributed by atoms with Gasteiger partial charge in [-0.3, -0.25) is 0 Å². The summed E-state index contributed by atoms with van der Waals surface area (Å²) >= 11 is 0. The molecule has 0 aliphatic carbocycles. The van der Waals surface area contributed by atoms with E-state index < -0.39 is 22.5 Å². The minimum Gasteiger partial charge on any atom is -0.465 e. The number of carboxylic acid groups (broad SMARTS) is 1. The van der Waals surface area contributed by atoms with E-state index in [1.54, 1.807) is 0 Å². The number of hydrogen-bond acceptors (Lipinski definition) is 4. The van der Waals surface area contributed by atoms with Crippen molar-refractivity contribution < 1.29 is 23.4 Å². The van der Waals surface area contributed by atoms with Crippen molar-refractivity contribution in [1.29, 1.82) is 0 Å². The number of hydrogen-bond donors (Lipinski definition) is 2. The molecule has 14 heavy (non-hydrogen) atoms. The van der Waals surface area contributed by atoms with Crippen molar-refractivity contribution >= 4 is 15.9 Å². The molecule has 0 aromatic rings. The van der Waals surface area contributed by atoms with Gasteiger partial charge in [-0.15, -0.1) is 0 Å². The fourth-order valence-corrected chi connectivity index (χ4v) is 1.91. The molecule has 84 valence electrons. The molecule has 0 aliphatic rings. The zero-order chi connectivity index (χ0) is 11.2. The lowest BCUT2D eigenvalue weighted by molar-refractivity contribution is 0.156. The lowest BCUT2D eigenvalue weighted by Crippen LogP contribution is -2.27. The van der Waals surface area contributed by atoms with Gasteiger partial charge < -0.3 is 15.1 Å². The Bertz CT molecular complexity index is 274. The highest BCUT2D eigenvalue weighted by molar-refractivity contribution is 7.91. The molecule has 0 saturated carbocycles. The van der Waals surface area contributed by atoms with Crippen LogP contribution in [0, 0.1) is 0 Å². The molecule has 0 aromatic carbocycles. The van der Waals surface area contributed by atoms with Gasteiger partial charge >= 0.3 is 6.09 Å². The molecule has 0 saturated heterocycles. The second-order valence-corrected chi connectivity index (χ2v) is 5.24. The topological polar surface area (TPSA) is 94.9 Å². The maximum absolute atomic E-state index is 11.1. The molecule has 0 heterocycles. The van der Waals surface area contributed by atoms with Gasteiger partial charge in [0, 0.05) is 13.6 Å². The minimum atomic E-state index is -3.22. The largest absolute Gasteiger partial charge is 0.465 e. The standard InChI is InChI=1S/C7H15NO5S/c1-8(7(10)11)3-2-5-14(12,13)6-4-9/h9H,2-6H2,1H3,(H,10,11). The van der Waals surface area contributed by atoms with Gasteiger partial charge in [-0.2, -0.15) is 0 Å². The Balaban J connectivity index is 3.79. The molecule has 0 unspecified atom stereocenters. The maximum Gasteiger partial charge on any atom is 0.407 e. The Morgan fingerprint density at radius 1 is 1.36 bits per heavy atom. The molecule has 0 radical (unpaired) electrons. The van der Waals surface area contributed by atoms with Crippen molar-refractivity contribution in [2.75, 3.05) is 31.7 Å².